The molecule has 0 saturated carbocycles. The van der Waals surface area contributed by atoms with Gasteiger partial charge in [-0.15, -0.1) is 0 Å². The summed E-state index contributed by atoms with van der Waals surface area (Å²) < 4.78 is 13.2. The first-order chi connectivity index (χ1) is 9.65. The summed E-state index contributed by atoms with van der Waals surface area (Å²) in [5, 5.41) is 8.39. The van der Waals surface area contributed by atoms with E-state index in [-0.39, 0.29) is 12.0 Å². The minimum absolute atomic E-state index is 0.0103. The molecule has 1 nitrogen and oxygen atoms in total. The van der Waals surface area contributed by atoms with Crippen LogP contribution in [-0.4, -0.2) is 6.17 Å². The Kier molecular flexibility index (Phi) is 23.1. The first kappa shape index (κ1) is 23.5. The third kappa shape index (κ3) is 14.4. The van der Waals surface area contributed by atoms with Crippen molar-refractivity contribution in [2.24, 2.45) is 0 Å². The normalized spacial score (nSPS) is 9.10. The quantitative estimate of drug-likeness (QED) is 0.612. The molecule has 0 N–H and O–H groups in total. The van der Waals surface area contributed by atoms with Crippen LogP contribution in [0.3, 0.4) is 0 Å². The molecule has 0 aromatic heterocycles. The van der Waals surface area contributed by atoms with Crippen LogP contribution in [0.25, 0.3) is 0 Å². The van der Waals surface area contributed by atoms with E-state index in [0.717, 1.165) is 5.56 Å². The van der Waals surface area contributed by atoms with E-state index in [2.05, 4.69) is 20.4 Å². The topological polar surface area (TPSA) is 23.8 Å². The SMILES string of the molecule is C=C(C#N)C(F)Cc1ccccc1.CC.CC.CCC. The highest BCUT2D eigenvalue weighted by molar-refractivity contribution is 5.25. The zero-order chi connectivity index (χ0) is 16.4. The molecule has 0 saturated heterocycles. The highest BCUT2D eigenvalue weighted by Gasteiger charge is 2.10. The Morgan fingerprint density at radius 1 is 1.15 bits per heavy atom. The van der Waals surface area contributed by atoms with E-state index < -0.39 is 6.17 Å². The van der Waals surface area contributed by atoms with Gasteiger partial charge in [0, 0.05) is 6.42 Å². The third-order valence-electron chi connectivity index (χ3n) is 1.78. The maximum absolute atomic E-state index is 13.2. The van der Waals surface area contributed by atoms with Crippen LogP contribution < -0.4 is 0 Å². The van der Waals surface area contributed by atoms with Crippen LogP contribution in [0.2, 0.25) is 0 Å². The molecule has 20 heavy (non-hydrogen) atoms. The second kappa shape index (κ2) is 19.7. The van der Waals surface area contributed by atoms with E-state index in [9.17, 15) is 4.39 Å². The molecular weight excluding hydrogens is 249 g/mol. The molecule has 1 rings (SSSR count). The lowest BCUT2D eigenvalue weighted by molar-refractivity contribution is 0.388. The van der Waals surface area contributed by atoms with Crippen molar-refractivity contribution in [2.75, 3.05) is 0 Å². The van der Waals surface area contributed by atoms with Crippen molar-refractivity contribution < 1.29 is 4.39 Å². The van der Waals surface area contributed by atoms with Crippen molar-refractivity contribution in [1.82, 2.24) is 0 Å². The molecule has 2 heteroatoms. The third-order valence-corrected chi connectivity index (χ3v) is 1.78. The van der Waals surface area contributed by atoms with E-state index in [4.69, 9.17) is 5.26 Å². The van der Waals surface area contributed by atoms with Gasteiger partial charge in [-0.3, -0.25) is 0 Å². The van der Waals surface area contributed by atoms with Gasteiger partial charge in [0.1, 0.15) is 6.17 Å². The first-order valence-electron chi connectivity index (χ1n) is 7.42. The predicted molar refractivity (Wildman–Crippen MR) is 88.5 cm³/mol. The fraction of sp³-hybridized carbons (Fsp3) is 0.500. The van der Waals surface area contributed by atoms with Crippen LogP contribution >= 0.6 is 0 Å². The van der Waals surface area contributed by atoms with Crippen LogP contribution in [-0.2, 0) is 6.42 Å². The summed E-state index contributed by atoms with van der Waals surface area (Å²) in [6, 6.07) is 10.9. The molecule has 0 amide bonds. The Balaban J connectivity index is -0.000000355. The lowest BCUT2D eigenvalue weighted by Gasteiger charge is -2.04. The number of hydrogen-bond donors (Lipinski definition) is 0. The van der Waals surface area contributed by atoms with E-state index in [0.29, 0.717) is 0 Å². The van der Waals surface area contributed by atoms with Crippen molar-refractivity contribution in [3.05, 3.63) is 48.0 Å². The van der Waals surface area contributed by atoms with Gasteiger partial charge in [0.05, 0.1) is 11.6 Å². The monoisotopic (exact) mass is 279 g/mol. The molecule has 1 unspecified atom stereocenters. The second-order valence-corrected chi connectivity index (χ2v) is 3.50. The number of halogens is 1. The molecule has 1 atom stereocenters. The second-order valence-electron chi connectivity index (χ2n) is 3.50. The van der Waals surface area contributed by atoms with Gasteiger partial charge in [-0.2, -0.15) is 5.26 Å². The summed E-state index contributed by atoms with van der Waals surface area (Å²) in [6.07, 6.45) is 0.222. The number of nitriles is 1. The largest absolute Gasteiger partial charge is 0.241 e. The minimum Gasteiger partial charge on any atom is -0.241 e. The number of allylic oxidation sites excluding steroid dienone is 1. The highest BCUT2D eigenvalue weighted by Crippen LogP contribution is 2.11. The average Bonchev–Trinajstić information content (AvgIpc) is 2.52. The molecule has 0 radical (unpaired) electrons. The summed E-state index contributed by atoms with van der Waals surface area (Å²) in [5.74, 6) is 0. The van der Waals surface area contributed by atoms with Gasteiger partial charge in [-0.05, 0) is 5.56 Å². The van der Waals surface area contributed by atoms with Crippen molar-refractivity contribution in [2.45, 2.75) is 60.6 Å². The summed E-state index contributed by atoms with van der Waals surface area (Å²) in [5.41, 5.74) is 0.871. The summed E-state index contributed by atoms with van der Waals surface area (Å²) in [6.45, 7) is 15.6. The van der Waals surface area contributed by atoms with Crippen LogP contribution in [0.4, 0.5) is 4.39 Å². The molecule has 114 valence electrons. The van der Waals surface area contributed by atoms with Gasteiger partial charge < -0.3 is 0 Å². The van der Waals surface area contributed by atoms with Gasteiger partial charge in [-0.25, -0.2) is 4.39 Å². The summed E-state index contributed by atoms with van der Waals surface area (Å²) in [7, 11) is 0. The Labute approximate surface area is 125 Å². The zero-order valence-corrected chi connectivity index (χ0v) is 13.9. The van der Waals surface area contributed by atoms with Gasteiger partial charge in [0.2, 0.25) is 0 Å². The molecule has 1 aromatic rings. The molecule has 0 aliphatic carbocycles. The summed E-state index contributed by atoms with van der Waals surface area (Å²) in [4.78, 5) is 0. The van der Waals surface area contributed by atoms with Gasteiger partial charge >= 0.3 is 0 Å². The first-order valence-corrected chi connectivity index (χ1v) is 7.42. The number of hydrogen-bond acceptors (Lipinski definition) is 1. The minimum atomic E-state index is -1.26. The van der Waals surface area contributed by atoms with Crippen molar-refractivity contribution in [3.63, 3.8) is 0 Å². The fourth-order valence-corrected chi connectivity index (χ4v) is 1.01. The molecule has 0 heterocycles. The number of benzene rings is 1. The Hall–Kier alpha value is -1.62. The van der Waals surface area contributed by atoms with Crippen LogP contribution in [0.1, 0.15) is 53.5 Å². The van der Waals surface area contributed by atoms with E-state index in [1.165, 1.54) is 6.42 Å². The van der Waals surface area contributed by atoms with Crippen molar-refractivity contribution in [3.8, 4) is 6.07 Å². The molecular formula is C18H30FN. The van der Waals surface area contributed by atoms with E-state index in [1.54, 1.807) is 6.07 Å². The van der Waals surface area contributed by atoms with E-state index >= 15 is 0 Å². The number of rotatable bonds is 3. The van der Waals surface area contributed by atoms with Crippen LogP contribution in [0.15, 0.2) is 42.5 Å². The maximum atomic E-state index is 13.2. The molecule has 0 bridgehead atoms. The van der Waals surface area contributed by atoms with Gasteiger partial charge in [0.15, 0.2) is 0 Å². The van der Waals surface area contributed by atoms with Gasteiger partial charge in [0.25, 0.3) is 0 Å². The Morgan fingerprint density at radius 2 is 1.55 bits per heavy atom. The van der Waals surface area contributed by atoms with Crippen LogP contribution in [0.5, 0.6) is 0 Å². The summed E-state index contributed by atoms with van der Waals surface area (Å²) >= 11 is 0. The fourth-order valence-electron chi connectivity index (χ4n) is 1.01. The van der Waals surface area contributed by atoms with Gasteiger partial charge in [-0.1, -0.05) is 84.9 Å². The standard InChI is InChI=1S/C11H10FN.C3H8.2C2H6/c1-9(8-13)11(12)7-10-5-3-2-4-6-10;1-3-2;2*1-2/h2-6,11H,1,7H2;3H2,1-2H3;2*1-2H3. The maximum Gasteiger partial charge on any atom is 0.138 e. The van der Waals surface area contributed by atoms with E-state index in [1.807, 2.05) is 58.0 Å². The smallest absolute Gasteiger partial charge is 0.138 e. The molecule has 1 aromatic carbocycles. The molecule has 0 aliphatic rings. The highest BCUT2D eigenvalue weighted by atomic mass is 19.1. The zero-order valence-electron chi connectivity index (χ0n) is 13.9. The predicted octanol–water partition coefficient (Wildman–Crippen LogP) is 6.12. The molecule has 0 spiro atoms. The molecule has 0 aliphatic heterocycles. The number of nitrogens with zero attached hydrogens (tertiary/aromatic N) is 1. The molecule has 0 fully saturated rings. The Morgan fingerprint density at radius 3 is 1.90 bits per heavy atom. The lowest BCUT2D eigenvalue weighted by Crippen LogP contribution is -2.05. The lowest BCUT2D eigenvalue weighted by atomic mass is 10.0. The average molecular weight is 279 g/mol. The number of alkyl halides is 1. The Bertz CT molecular complexity index is 338. The van der Waals surface area contributed by atoms with Crippen LogP contribution in [0, 0.1) is 11.3 Å². The van der Waals surface area contributed by atoms with Crippen molar-refractivity contribution >= 4 is 0 Å². The van der Waals surface area contributed by atoms with Crippen molar-refractivity contribution in [1.29, 1.82) is 5.26 Å².